The molecule has 6 nitrogen and oxygen atoms in total. The average Bonchev–Trinajstić information content (AvgIpc) is 3.18. The van der Waals surface area contributed by atoms with Gasteiger partial charge in [0.15, 0.2) is 5.82 Å². The molecule has 24 heavy (non-hydrogen) atoms. The number of rotatable bonds is 2. The second kappa shape index (κ2) is 5.61. The molecule has 2 fully saturated rings. The van der Waals surface area contributed by atoms with E-state index in [9.17, 15) is 4.79 Å². The lowest BCUT2D eigenvalue weighted by molar-refractivity contribution is -0.0353. The molecule has 2 aliphatic rings. The van der Waals surface area contributed by atoms with E-state index in [0.717, 1.165) is 12.2 Å². The van der Waals surface area contributed by atoms with Gasteiger partial charge in [0, 0.05) is 19.0 Å². The van der Waals surface area contributed by atoms with Crippen LogP contribution in [0.3, 0.4) is 0 Å². The fraction of sp³-hybridized carbons (Fsp3) is 0.500. The van der Waals surface area contributed by atoms with E-state index < -0.39 is 0 Å². The van der Waals surface area contributed by atoms with Gasteiger partial charge in [0.05, 0.1) is 11.7 Å². The Hall–Kier alpha value is -2.37. The third-order valence-electron chi connectivity index (χ3n) is 5.68. The van der Waals surface area contributed by atoms with Crippen LogP contribution in [0, 0.1) is 12.3 Å². The molecule has 1 atom stereocenters. The quantitative estimate of drug-likeness (QED) is 0.921. The van der Waals surface area contributed by atoms with Gasteiger partial charge in [-0.15, -0.1) is 5.10 Å². The fourth-order valence-electron chi connectivity index (χ4n) is 4.30. The van der Waals surface area contributed by atoms with E-state index in [1.165, 1.54) is 31.2 Å². The summed E-state index contributed by atoms with van der Waals surface area (Å²) in [6.07, 6.45) is 4.95. The highest BCUT2D eigenvalue weighted by atomic mass is 16.2. The van der Waals surface area contributed by atoms with E-state index in [4.69, 9.17) is 0 Å². The molecule has 1 aliphatic heterocycles. The highest BCUT2D eigenvalue weighted by molar-refractivity contribution is 5.90. The van der Waals surface area contributed by atoms with Gasteiger partial charge in [-0.1, -0.05) is 48.4 Å². The van der Waals surface area contributed by atoms with E-state index in [1.807, 2.05) is 24.9 Å². The SMILES string of the molecule is Cc1c(NC(=O)N2CC3(CCCC3)C2c2ccccc2)nnn1C. The number of carbonyl (C=O) groups is 1. The van der Waals surface area contributed by atoms with Crippen LogP contribution in [-0.2, 0) is 7.05 Å². The van der Waals surface area contributed by atoms with Crippen molar-refractivity contribution in [2.24, 2.45) is 12.5 Å². The molecule has 0 radical (unpaired) electrons. The largest absolute Gasteiger partial charge is 0.323 e. The molecular weight excluding hydrogens is 302 g/mol. The zero-order valence-electron chi connectivity index (χ0n) is 14.2. The molecule has 1 aromatic carbocycles. The molecular formula is C18H23N5O. The molecule has 2 heterocycles. The number of hydrogen-bond donors (Lipinski definition) is 1. The summed E-state index contributed by atoms with van der Waals surface area (Å²) < 4.78 is 1.67. The van der Waals surface area contributed by atoms with E-state index >= 15 is 0 Å². The molecule has 1 saturated heterocycles. The third kappa shape index (κ3) is 2.28. The predicted molar refractivity (Wildman–Crippen MR) is 91.5 cm³/mol. The van der Waals surface area contributed by atoms with Crippen LogP contribution in [-0.4, -0.2) is 32.5 Å². The number of aromatic nitrogens is 3. The Morgan fingerprint density at radius 1 is 1.25 bits per heavy atom. The maximum atomic E-state index is 12.8. The smallest absolute Gasteiger partial charge is 0.316 e. The van der Waals surface area contributed by atoms with Crippen LogP contribution in [0.15, 0.2) is 30.3 Å². The summed E-state index contributed by atoms with van der Waals surface area (Å²) in [5.41, 5.74) is 2.35. The first-order valence-electron chi connectivity index (χ1n) is 8.60. The number of nitrogens with one attached hydrogen (secondary N) is 1. The van der Waals surface area contributed by atoms with Crippen molar-refractivity contribution in [3.8, 4) is 0 Å². The Bertz CT molecular complexity index is 748. The lowest BCUT2D eigenvalue weighted by Gasteiger charge is -2.56. The number of aryl methyl sites for hydroxylation is 1. The van der Waals surface area contributed by atoms with Gasteiger partial charge >= 0.3 is 6.03 Å². The summed E-state index contributed by atoms with van der Waals surface area (Å²) >= 11 is 0. The Balaban J connectivity index is 1.58. The van der Waals surface area contributed by atoms with Crippen LogP contribution in [0.25, 0.3) is 0 Å². The van der Waals surface area contributed by atoms with Crippen LogP contribution in [0.4, 0.5) is 10.6 Å². The molecule has 1 spiro atoms. The van der Waals surface area contributed by atoms with Crippen molar-refractivity contribution in [1.82, 2.24) is 19.9 Å². The number of hydrogen-bond acceptors (Lipinski definition) is 3. The maximum Gasteiger partial charge on any atom is 0.323 e. The van der Waals surface area contributed by atoms with Crippen molar-refractivity contribution < 1.29 is 4.79 Å². The van der Waals surface area contributed by atoms with Crippen LogP contribution in [0.2, 0.25) is 0 Å². The van der Waals surface area contributed by atoms with Gasteiger partial charge in [0.1, 0.15) is 0 Å². The predicted octanol–water partition coefficient (Wildman–Crippen LogP) is 3.27. The minimum Gasteiger partial charge on any atom is -0.316 e. The van der Waals surface area contributed by atoms with Crippen molar-refractivity contribution in [1.29, 1.82) is 0 Å². The summed E-state index contributed by atoms with van der Waals surface area (Å²) in [7, 11) is 1.82. The second-order valence-electron chi connectivity index (χ2n) is 7.09. The number of urea groups is 1. The first-order chi connectivity index (χ1) is 11.6. The van der Waals surface area contributed by atoms with Crippen molar-refractivity contribution in [2.75, 3.05) is 11.9 Å². The van der Waals surface area contributed by atoms with Gasteiger partial charge in [-0.05, 0) is 25.3 Å². The molecule has 1 unspecified atom stereocenters. The van der Waals surface area contributed by atoms with Crippen LogP contribution < -0.4 is 5.32 Å². The zero-order chi connectivity index (χ0) is 16.7. The molecule has 4 rings (SSSR count). The molecule has 6 heteroatoms. The molecule has 2 aromatic rings. The van der Waals surface area contributed by atoms with Gasteiger partial charge in [-0.3, -0.25) is 10.00 Å². The minimum absolute atomic E-state index is 0.0787. The molecule has 1 N–H and O–H groups in total. The first kappa shape index (κ1) is 15.2. The maximum absolute atomic E-state index is 12.8. The van der Waals surface area contributed by atoms with Crippen LogP contribution >= 0.6 is 0 Å². The van der Waals surface area contributed by atoms with Gasteiger partial charge in [-0.25, -0.2) is 4.79 Å². The Kier molecular flexibility index (Phi) is 3.55. The number of carbonyl (C=O) groups excluding carboxylic acids is 1. The average molecular weight is 325 g/mol. The second-order valence-corrected chi connectivity index (χ2v) is 7.09. The third-order valence-corrected chi connectivity index (χ3v) is 5.68. The Labute approximate surface area is 141 Å². The van der Waals surface area contributed by atoms with Crippen molar-refractivity contribution in [2.45, 2.75) is 38.6 Å². The highest BCUT2D eigenvalue weighted by Gasteiger charge is 2.55. The number of likely N-dealkylation sites (tertiary alicyclic amines) is 1. The summed E-state index contributed by atoms with van der Waals surface area (Å²) in [4.78, 5) is 14.8. The Morgan fingerprint density at radius 2 is 1.96 bits per heavy atom. The van der Waals surface area contributed by atoms with Crippen molar-refractivity contribution in [3.63, 3.8) is 0 Å². The monoisotopic (exact) mass is 325 g/mol. The van der Waals surface area contributed by atoms with Gasteiger partial charge in [0.2, 0.25) is 0 Å². The molecule has 1 aliphatic carbocycles. The van der Waals surface area contributed by atoms with E-state index in [-0.39, 0.29) is 17.5 Å². The van der Waals surface area contributed by atoms with Crippen LogP contribution in [0.1, 0.15) is 43.0 Å². The fourth-order valence-corrected chi connectivity index (χ4v) is 4.30. The van der Waals surface area contributed by atoms with Gasteiger partial charge < -0.3 is 4.90 Å². The summed E-state index contributed by atoms with van der Waals surface area (Å²) in [5, 5.41) is 10.9. The van der Waals surface area contributed by atoms with Crippen molar-refractivity contribution >= 4 is 11.8 Å². The van der Waals surface area contributed by atoms with Gasteiger partial charge in [-0.2, -0.15) is 0 Å². The topological polar surface area (TPSA) is 63.1 Å². The Morgan fingerprint density at radius 3 is 2.58 bits per heavy atom. The summed E-state index contributed by atoms with van der Waals surface area (Å²) in [6, 6.07) is 10.5. The molecule has 1 aromatic heterocycles. The summed E-state index contributed by atoms with van der Waals surface area (Å²) in [5.74, 6) is 0.543. The lowest BCUT2D eigenvalue weighted by Crippen LogP contribution is -2.60. The molecule has 2 amide bonds. The number of amides is 2. The van der Waals surface area contributed by atoms with Crippen molar-refractivity contribution in [3.05, 3.63) is 41.6 Å². The molecule has 0 bridgehead atoms. The summed E-state index contributed by atoms with van der Waals surface area (Å²) in [6.45, 7) is 2.73. The lowest BCUT2D eigenvalue weighted by atomic mass is 9.67. The highest BCUT2D eigenvalue weighted by Crippen LogP contribution is 2.58. The number of benzene rings is 1. The van der Waals surface area contributed by atoms with E-state index in [0.29, 0.717) is 5.82 Å². The number of nitrogens with zero attached hydrogens (tertiary/aromatic N) is 4. The zero-order valence-corrected chi connectivity index (χ0v) is 14.2. The van der Waals surface area contributed by atoms with E-state index in [2.05, 4.69) is 39.9 Å². The first-order valence-corrected chi connectivity index (χ1v) is 8.60. The minimum atomic E-state index is -0.0787. The van der Waals surface area contributed by atoms with E-state index in [1.54, 1.807) is 4.68 Å². The normalized spacial score (nSPS) is 21.8. The molecule has 1 saturated carbocycles. The van der Waals surface area contributed by atoms with Gasteiger partial charge in [0.25, 0.3) is 0 Å². The standard InChI is InChI=1S/C18H23N5O/c1-13-16(20-21-22(13)2)19-17(24)23-12-18(10-6-7-11-18)15(23)14-8-4-3-5-9-14/h3-5,8-9,15H,6-7,10-12H2,1-2H3,(H,19,24). The molecule has 126 valence electrons. The number of anilines is 1. The van der Waals surface area contributed by atoms with Crippen LogP contribution in [0.5, 0.6) is 0 Å².